The topological polar surface area (TPSA) is 87.9 Å². The second-order valence-electron chi connectivity index (χ2n) is 5.92. The van der Waals surface area contributed by atoms with Crippen LogP contribution in [0.3, 0.4) is 0 Å². The van der Waals surface area contributed by atoms with Crippen LogP contribution in [0.25, 0.3) is 11.1 Å². The van der Waals surface area contributed by atoms with E-state index >= 15 is 0 Å². The lowest BCUT2D eigenvalue weighted by Crippen LogP contribution is -2.24. The molecule has 0 aliphatic heterocycles. The van der Waals surface area contributed by atoms with Crippen LogP contribution >= 0.6 is 0 Å². The highest BCUT2D eigenvalue weighted by atomic mass is 16.4. The van der Waals surface area contributed by atoms with Crippen molar-refractivity contribution in [3.05, 3.63) is 59.7 Å². The molecule has 3 rings (SSSR count). The number of rotatable bonds is 7. The number of hydrogen-bond donors (Lipinski definition) is 2. The number of anilines is 1. The van der Waals surface area contributed by atoms with Gasteiger partial charge in [-0.05, 0) is 24.1 Å². The molecule has 3 aromatic rings. The van der Waals surface area contributed by atoms with Gasteiger partial charge in [0.05, 0.1) is 0 Å². The molecular weight excluding hydrogens is 316 g/mol. The Balaban J connectivity index is 1.83. The van der Waals surface area contributed by atoms with Crippen LogP contribution in [0.4, 0.5) is 6.01 Å². The smallest absolute Gasteiger partial charge is 0.298 e. The lowest BCUT2D eigenvalue weighted by atomic mass is 10.1. The molecule has 0 fully saturated rings. The molecule has 0 radical (unpaired) electrons. The SMILES string of the molecule is CCCCN(Cc1ccc(/C(N)=N/O)cc1)c1nc2ccccc2o1. The third-order valence-electron chi connectivity index (χ3n) is 4.07. The monoisotopic (exact) mass is 338 g/mol. The van der Waals surface area contributed by atoms with Gasteiger partial charge in [0.15, 0.2) is 11.4 Å². The average molecular weight is 338 g/mol. The van der Waals surface area contributed by atoms with Gasteiger partial charge in [-0.15, -0.1) is 0 Å². The Hall–Kier alpha value is -3.02. The zero-order chi connectivity index (χ0) is 17.6. The Morgan fingerprint density at radius 3 is 2.64 bits per heavy atom. The number of oxazole rings is 1. The summed E-state index contributed by atoms with van der Waals surface area (Å²) in [5.41, 5.74) is 9.06. The van der Waals surface area contributed by atoms with Crippen molar-refractivity contribution in [1.82, 2.24) is 4.98 Å². The van der Waals surface area contributed by atoms with E-state index in [9.17, 15) is 0 Å². The first-order valence-corrected chi connectivity index (χ1v) is 8.38. The summed E-state index contributed by atoms with van der Waals surface area (Å²) in [6.45, 7) is 3.71. The van der Waals surface area contributed by atoms with Gasteiger partial charge in [0, 0.05) is 18.7 Å². The zero-order valence-electron chi connectivity index (χ0n) is 14.2. The van der Waals surface area contributed by atoms with Crippen molar-refractivity contribution < 1.29 is 9.62 Å². The van der Waals surface area contributed by atoms with Gasteiger partial charge in [0.25, 0.3) is 6.01 Å². The molecular formula is C19H22N4O2. The van der Waals surface area contributed by atoms with Gasteiger partial charge >= 0.3 is 0 Å². The highest BCUT2D eigenvalue weighted by Crippen LogP contribution is 2.23. The van der Waals surface area contributed by atoms with E-state index < -0.39 is 0 Å². The second-order valence-corrected chi connectivity index (χ2v) is 5.92. The largest absolute Gasteiger partial charge is 0.423 e. The molecule has 0 atom stereocenters. The Kier molecular flexibility index (Phi) is 5.18. The highest BCUT2D eigenvalue weighted by Gasteiger charge is 2.14. The van der Waals surface area contributed by atoms with Gasteiger partial charge in [-0.3, -0.25) is 0 Å². The molecule has 0 spiro atoms. The molecule has 2 aromatic carbocycles. The summed E-state index contributed by atoms with van der Waals surface area (Å²) < 4.78 is 5.92. The van der Waals surface area contributed by atoms with Crippen LogP contribution < -0.4 is 10.6 Å². The number of amidine groups is 1. The minimum atomic E-state index is 0.105. The molecule has 0 amide bonds. The van der Waals surface area contributed by atoms with Gasteiger partial charge in [0.2, 0.25) is 0 Å². The van der Waals surface area contributed by atoms with Crippen molar-refractivity contribution in [2.45, 2.75) is 26.3 Å². The Morgan fingerprint density at radius 1 is 1.20 bits per heavy atom. The van der Waals surface area contributed by atoms with Gasteiger partial charge in [-0.2, -0.15) is 4.98 Å². The van der Waals surface area contributed by atoms with E-state index in [0.717, 1.165) is 36.0 Å². The predicted octanol–water partition coefficient (Wildman–Crippen LogP) is 3.73. The minimum absolute atomic E-state index is 0.105. The lowest BCUT2D eigenvalue weighted by molar-refractivity contribution is 0.318. The zero-order valence-corrected chi connectivity index (χ0v) is 14.2. The first kappa shape index (κ1) is 16.8. The van der Waals surface area contributed by atoms with Crippen LogP contribution in [0.2, 0.25) is 0 Å². The Morgan fingerprint density at radius 2 is 1.96 bits per heavy atom. The van der Waals surface area contributed by atoms with E-state index in [2.05, 4.69) is 22.0 Å². The number of aromatic nitrogens is 1. The maximum atomic E-state index is 8.75. The number of para-hydroxylation sites is 2. The van der Waals surface area contributed by atoms with Crippen molar-refractivity contribution in [3.63, 3.8) is 0 Å². The third kappa shape index (κ3) is 3.91. The molecule has 1 aromatic heterocycles. The summed E-state index contributed by atoms with van der Waals surface area (Å²) in [6, 6.07) is 16.0. The molecule has 0 saturated heterocycles. The molecule has 3 N–H and O–H groups in total. The van der Waals surface area contributed by atoms with E-state index in [0.29, 0.717) is 18.1 Å². The fourth-order valence-corrected chi connectivity index (χ4v) is 2.65. The van der Waals surface area contributed by atoms with Gasteiger partial charge in [0.1, 0.15) is 5.52 Å². The van der Waals surface area contributed by atoms with Crippen LogP contribution in [-0.2, 0) is 6.54 Å². The van der Waals surface area contributed by atoms with E-state index in [1.165, 1.54) is 0 Å². The predicted molar refractivity (Wildman–Crippen MR) is 98.9 cm³/mol. The number of nitrogens with zero attached hydrogens (tertiary/aromatic N) is 3. The minimum Gasteiger partial charge on any atom is -0.423 e. The molecule has 25 heavy (non-hydrogen) atoms. The van der Waals surface area contributed by atoms with Crippen molar-refractivity contribution in [3.8, 4) is 0 Å². The average Bonchev–Trinajstić information content (AvgIpc) is 3.09. The molecule has 1 heterocycles. The molecule has 130 valence electrons. The molecule has 0 bridgehead atoms. The second kappa shape index (κ2) is 7.70. The lowest BCUT2D eigenvalue weighted by Gasteiger charge is -2.20. The molecule has 0 aliphatic rings. The van der Waals surface area contributed by atoms with Crippen LogP contribution in [0, 0.1) is 0 Å². The third-order valence-corrected chi connectivity index (χ3v) is 4.07. The Bertz CT molecular complexity index is 822. The van der Waals surface area contributed by atoms with Gasteiger partial charge < -0.3 is 20.3 Å². The molecule has 6 heteroatoms. The van der Waals surface area contributed by atoms with E-state index in [1.54, 1.807) is 0 Å². The van der Waals surface area contributed by atoms with E-state index in [1.807, 2.05) is 48.5 Å². The van der Waals surface area contributed by atoms with Crippen LogP contribution in [0.15, 0.2) is 58.1 Å². The van der Waals surface area contributed by atoms with Crippen molar-refractivity contribution in [2.75, 3.05) is 11.4 Å². The maximum Gasteiger partial charge on any atom is 0.298 e. The van der Waals surface area contributed by atoms with E-state index in [4.69, 9.17) is 15.4 Å². The molecule has 0 aliphatic carbocycles. The van der Waals surface area contributed by atoms with Crippen molar-refractivity contribution >= 4 is 22.9 Å². The first-order chi connectivity index (χ1) is 12.2. The Labute approximate surface area is 146 Å². The number of nitrogens with two attached hydrogens (primary N) is 1. The van der Waals surface area contributed by atoms with E-state index in [-0.39, 0.29) is 5.84 Å². The summed E-state index contributed by atoms with van der Waals surface area (Å²) in [5, 5.41) is 11.8. The maximum absolute atomic E-state index is 8.75. The summed E-state index contributed by atoms with van der Waals surface area (Å²) >= 11 is 0. The summed E-state index contributed by atoms with van der Waals surface area (Å²) in [4.78, 5) is 6.75. The normalized spacial score (nSPS) is 11.8. The molecule has 6 nitrogen and oxygen atoms in total. The first-order valence-electron chi connectivity index (χ1n) is 8.38. The summed E-state index contributed by atoms with van der Waals surface area (Å²) in [6.07, 6.45) is 2.15. The fourth-order valence-electron chi connectivity index (χ4n) is 2.65. The standard InChI is InChI=1S/C19H22N4O2/c1-2-3-12-23(19-21-16-6-4-5-7-17(16)25-19)13-14-8-10-15(11-9-14)18(20)22-24/h4-11,24H,2-3,12-13H2,1H3,(H2,20,22). The number of oxime groups is 1. The number of hydrogen-bond acceptors (Lipinski definition) is 5. The van der Waals surface area contributed by atoms with Crippen LogP contribution in [-0.4, -0.2) is 22.6 Å². The number of benzene rings is 2. The van der Waals surface area contributed by atoms with Gasteiger partial charge in [-0.25, -0.2) is 0 Å². The summed E-state index contributed by atoms with van der Waals surface area (Å²) in [5.74, 6) is 0.105. The molecule has 0 unspecified atom stereocenters. The van der Waals surface area contributed by atoms with Crippen LogP contribution in [0.1, 0.15) is 30.9 Å². The summed E-state index contributed by atoms with van der Waals surface area (Å²) in [7, 11) is 0. The quantitative estimate of drug-likeness (QED) is 0.297. The highest BCUT2D eigenvalue weighted by molar-refractivity contribution is 5.96. The fraction of sp³-hybridized carbons (Fsp3) is 0.263. The number of fused-ring (bicyclic) bond motifs is 1. The van der Waals surface area contributed by atoms with Crippen LogP contribution in [0.5, 0.6) is 0 Å². The van der Waals surface area contributed by atoms with Crippen molar-refractivity contribution in [1.29, 1.82) is 0 Å². The van der Waals surface area contributed by atoms with Gasteiger partial charge in [-0.1, -0.05) is 54.9 Å². The van der Waals surface area contributed by atoms with Crippen molar-refractivity contribution in [2.24, 2.45) is 10.9 Å². The molecule has 0 saturated carbocycles. The number of unbranched alkanes of at least 4 members (excludes halogenated alkanes) is 1.